The molecule has 1 aliphatic rings. The number of carbonyl (C=O) groups is 1. The molecule has 0 aromatic heterocycles. The smallest absolute Gasteiger partial charge is 0.309 e. The van der Waals surface area contributed by atoms with Crippen LogP contribution in [-0.4, -0.2) is 34.5 Å². The minimum atomic E-state index is -1.15. The van der Waals surface area contributed by atoms with E-state index >= 15 is 0 Å². The third kappa shape index (κ3) is 2.45. The van der Waals surface area contributed by atoms with Crippen molar-refractivity contribution in [3.8, 4) is 0 Å². The Morgan fingerprint density at radius 3 is 2.64 bits per heavy atom. The molecule has 1 saturated carbocycles. The molecule has 0 saturated heterocycles. The molecular weight excluding hydrogens is 184 g/mol. The summed E-state index contributed by atoms with van der Waals surface area (Å²) in [5.74, 6) is -0.633. The Hall–Kier alpha value is -0.610. The van der Waals surface area contributed by atoms with E-state index in [4.69, 9.17) is 4.74 Å². The number of aliphatic hydroxyl groups excluding tert-OH is 1. The van der Waals surface area contributed by atoms with Crippen molar-refractivity contribution in [1.29, 1.82) is 0 Å². The van der Waals surface area contributed by atoms with E-state index in [0.29, 0.717) is 13.0 Å². The molecule has 3 unspecified atom stereocenters. The summed E-state index contributed by atoms with van der Waals surface area (Å²) >= 11 is 0. The van der Waals surface area contributed by atoms with E-state index in [1.54, 1.807) is 6.92 Å². The molecule has 2 N–H and O–H groups in total. The van der Waals surface area contributed by atoms with Crippen molar-refractivity contribution in [3.05, 3.63) is 0 Å². The molecule has 3 atom stereocenters. The van der Waals surface area contributed by atoms with Crippen molar-refractivity contribution in [3.63, 3.8) is 0 Å². The summed E-state index contributed by atoms with van der Waals surface area (Å²) in [6, 6.07) is 0. The molecule has 0 aliphatic heterocycles. The van der Waals surface area contributed by atoms with Gasteiger partial charge in [0.05, 0.1) is 24.2 Å². The van der Waals surface area contributed by atoms with Crippen LogP contribution in [0.5, 0.6) is 0 Å². The van der Waals surface area contributed by atoms with Gasteiger partial charge in [-0.25, -0.2) is 0 Å². The van der Waals surface area contributed by atoms with Crippen LogP contribution < -0.4 is 0 Å². The number of aliphatic hydroxyl groups is 2. The molecule has 0 heterocycles. The third-order valence-corrected chi connectivity index (χ3v) is 2.56. The second-order valence-corrected chi connectivity index (χ2v) is 4.36. The number of ether oxygens (including phenoxy) is 1. The molecule has 0 amide bonds. The molecule has 0 radical (unpaired) electrons. The summed E-state index contributed by atoms with van der Waals surface area (Å²) in [6.45, 7) is 5.19. The molecule has 0 aromatic carbocycles. The second kappa shape index (κ2) is 3.87. The maximum absolute atomic E-state index is 11.2. The van der Waals surface area contributed by atoms with E-state index in [1.807, 2.05) is 0 Å². The standard InChI is InChI=1S/C10H18O4/c1-4-14-9(12)7-5-6(7)8(11)10(2,3)13/h6-8,11,13H,4-5H2,1-3H3. The van der Waals surface area contributed by atoms with Gasteiger partial charge in [0, 0.05) is 5.92 Å². The van der Waals surface area contributed by atoms with Crippen LogP contribution in [0.3, 0.4) is 0 Å². The normalized spacial score (nSPS) is 28.4. The van der Waals surface area contributed by atoms with Crippen molar-refractivity contribution < 1.29 is 19.7 Å². The fourth-order valence-electron chi connectivity index (χ4n) is 1.61. The first-order chi connectivity index (χ1) is 6.38. The first-order valence-corrected chi connectivity index (χ1v) is 4.95. The summed E-state index contributed by atoms with van der Waals surface area (Å²) in [7, 11) is 0. The first kappa shape index (κ1) is 11.5. The van der Waals surface area contributed by atoms with E-state index in [2.05, 4.69) is 0 Å². The van der Waals surface area contributed by atoms with E-state index in [-0.39, 0.29) is 17.8 Å². The van der Waals surface area contributed by atoms with Crippen molar-refractivity contribution >= 4 is 5.97 Å². The SMILES string of the molecule is CCOC(=O)C1CC1C(O)C(C)(C)O. The van der Waals surface area contributed by atoms with Crippen molar-refractivity contribution in [2.75, 3.05) is 6.61 Å². The van der Waals surface area contributed by atoms with Gasteiger partial charge in [0.15, 0.2) is 0 Å². The number of hydrogen-bond donors (Lipinski definition) is 2. The maximum Gasteiger partial charge on any atom is 0.309 e. The molecule has 82 valence electrons. The summed E-state index contributed by atoms with van der Waals surface area (Å²) in [5.41, 5.74) is -1.15. The van der Waals surface area contributed by atoms with Crippen molar-refractivity contribution in [2.24, 2.45) is 11.8 Å². The fraction of sp³-hybridized carbons (Fsp3) is 0.900. The van der Waals surface area contributed by atoms with Gasteiger partial charge in [-0.15, -0.1) is 0 Å². The van der Waals surface area contributed by atoms with Crippen LogP contribution >= 0.6 is 0 Å². The fourth-order valence-corrected chi connectivity index (χ4v) is 1.61. The molecule has 4 heteroatoms. The van der Waals surface area contributed by atoms with Gasteiger partial charge >= 0.3 is 5.97 Å². The summed E-state index contributed by atoms with van der Waals surface area (Å²) < 4.78 is 4.83. The lowest BCUT2D eigenvalue weighted by Crippen LogP contribution is -2.38. The van der Waals surface area contributed by atoms with Crippen LogP contribution in [0.15, 0.2) is 0 Å². The lowest BCUT2D eigenvalue weighted by molar-refractivity contribution is -0.146. The van der Waals surface area contributed by atoms with Crippen LogP contribution in [0.25, 0.3) is 0 Å². The molecule has 0 spiro atoms. The van der Waals surface area contributed by atoms with Crippen LogP contribution in [0.4, 0.5) is 0 Å². The largest absolute Gasteiger partial charge is 0.466 e. The Bertz CT molecular complexity index is 219. The highest BCUT2D eigenvalue weighted by molar-refractivity contribution is 5.75. The maximum atomic E-state index is 11.2. The van der Waals surface area contributed by atoms with Gasteiger partial charge in [0.25, 0.3) is 0 Å². The highest BCUT2D eigenvalue weighted by Crippen LogP contribution is 2.44. The number of hydrogen-bond acceptors (Lipinski definition) is 4. The van der Waals surface area contributed by atoms with Crippen LogP contribution in [0.2, 0.25) is 0 Å². The number of esters is 1. The Morgan fingerprint density at radius 1 is 1.64 bits per heavy atom. The summed E-state index contributed by atoms with van der Waals surface area (Å²) in [5, 5.41) is 19.2. The zero-order valence-electron chi connectivity index (χ0n) is 8.86. The quantitative estimate of drug-likeness (QED) is 0.644. The molecule has 1 aliphatic carbocycles. The van der Waals surface area contributed by atoms with Crippen molar-refractivity contribution in [1.82, 2.24) is 0 Å². The van der Waals surface area contributed by atoms with E-state index in [0.717, 1.165) is 0 Å². The average Bonchev–Trinajstić information content (AvgIpc) is 2.80. The lowest BCUT2D eigenvalue weighted by atomic mass is 9.97. The Kier molecular flexibility index (Phi) is 3.17. The highest BCUT2D eigenvalue weighted by Gasteiger charge is 2.52. The molecular formula is C10H18O4. The second-order valence-electron chi connectivity index (χ2n) is 4.36. The predicted octanol–water partition coefficient (Wildman–Crippen LogP) is 0.317. The van der Waals surface area contributed by atoms with Gasteiger partial charge in [0.1, 0.15) is 0 Å². The predicted molar refractivity (Wildman–Crippen MR) is 50.5 cm³/mol. The van der Waals surface area contributed by atoms with Gasteiger partial charge in [-0.1, -0.05) is 0 Å². The summed E-state index contributed by atoms with van der Waals surface area (Å²) in [4.78, 5) is 11.2. The molecule has 1 fully saturated rings. The van der Waals surface area contributed by atoms with Gasteiger partial charge in [0.2, 0.25) is 0 Å². The highest BCUT2D eigenvalue weighted by atomic mass is 16.5. The zero-order valence-corrected chi connectivity index (χ0v) is 8.86. The van der Waals surface area contributed by atoms with Gasteiger partial charge in [-0.3, -0.25) is 4.79 Å². The average molecular weight is 202 g/mol. The monoisotopic (exact) mass is 202 g/mol. The minimum Gasteiger partial charge on any atom is -0.466 e. The van der Waals surface area contributed by atoms with Crippen LogP contribution in [0.1, 0.15) is 27.2 Å². The first-order valence-electron chi connectivity index (χ1n) is 4.95. The topological polar surface area (TPSA) is 66.8 Å². The third-order valence-electron chi connectivity index (χ3n) is 2.56. The van der Waals surface area contributed by atoms with E-state index in [1.165, 1.54) is 13.8 Å². The molecule has 14 heavy (non-hydrogen) atoms. The Morgan fingerprint density at radius 2 is 2.21 bits per heavy atom. The van der Waals surface area contributed by atoms with Crippen molar-refractivity contribution in [2.45, 2.75) is 38.9 Å². The van der Waals surface area contributed by atoms with Gasteiger partial charge < -0.3 is 14.9 Å². The lowest BCUT2D eigenvalue weighted by Gasteiger charge is -2.24. The molecule has 0 bridgehead atoms. The van der Waals surface area contributed by atoms with E-state index < -0.39 is 11.7 Å². The van der Waals surface area contributed by atoms with Gasteiger partial charge in [-0.2, -0.15) is 0 Å². The van der Waals surface area contributed by atoms with E-state index in [9.17, 15) is 15.0 Å². The van der Waals surface area contributed by atoms with Crippen LogP contribution in [-0.2, 0) is 9.53 Å². The van der Waals surface area contributed by atoms with Crippen LogP contribution in [0, 0.1) is 11.8 Å². The molecule has 1 rings (SSSR count). The van der Waals surface area contributed by atoms with Gasteiger partial charge in [-0.05, 0) is 27.2 Å². The Labute approximate surface area is 83.9 Å². The Balaban J connectivity index is 2.43. The number of rotatable bonds is 4. The zero-order chi connectivity index (χ0) is 10.9. The summed E-state index contributed by atoms with van der Waals surface area (Å²) in [6.07, 6.45) is -0.235. The minimum absolute atomic E-state index is 0.144. The molecule has 0 aromatic rings. The molecule has 4 nitrogen and oxygen atoms in total. The number of carbonyl (C=O) groups excluding carboxylic acids is 1.